The second kappa shape index (κ2) is 8.49. The highest BCUT2D eigenvalue weighted by molar-refractivity contribution is 6.96. The molecule has 0 aliphatic rings. The lowest BCUT2D eigenvalue weighted by Crippen LogP contribution is -2.52. The first kappa shape index (κ1) is 18.6. The van der Waals surface area contributed by atoms with E-state index in [9.17, 15) is 4.79 Å². The van der Waals surface area contributed by atoms with E-state index in [-0.39, 0.29) is 6.71 Å². The van der Waals surface area contributed by atoms with Crippen molar-refractivity contribution in [1.82, 2.24) is 0 Å². The second-order valence-corrected chi connectivity index (χ2v) is 6.71. The molecule has 0 atom stereocenters. The quantitative estimate of drug-likeness (QED) is 0.325. The number of carbonyl (C=O) groups is 1. The molecule has 0 radical (unpaired) electrons. The lowest BCUT2D eigenvalue weighted by molar-refractivity contribution is 0.144. The van der Waals surface area contributed by atoms with Crippen LogP contribution in [0.4, 0.5) is 4.79 Å². The van der Waals surface area contributed by atoms with E-state index in [0.29, 0.717) is 5.75 Å². The van der Waals surface area contributed by atoms with Crippen molar-refractivity contribution >= 4 is 29.3 Å². The molecule has 4 rings (SSSR count). The summed E-state index contributed by atoms with van der Waals surface area (Å²) in [5.41, 5.74) is 5.13. The maximum Gasteiger partial charge on any atom is 0.511 e. The van der Waals surface area contributed by atoms with Crippen molar-refractivity contribution < 1.29 is 14.6 Å². The molecule has 0 fully saturated rings. The summed E-state index contributed by atoms with van der Waals surface area (Å²) in [5, 5.41) is 9.15. The van der Waals surface area contributed by atoms with E-state index in [2.05, 4.69) is 30.3 Å². The molecule has 4 heteroatoms. The van der Waals surface area contributed by atoms with E-state index >= 15 is 0 Å². The summed E-state index contributed by atoms with van der Waals surface area (Å²) in [4.78, 5) is 11.2. The van der Waals surface area contributed by atoms with Gasteiger partial charge in [0.15, 0.2) is 0 Å². The fourth-order valence-electron chi connectivity index (χ4n) is 3.71. The standard InChI is InChI=1S/C25H19BO3/c27-25(28)29-24-18-10-8-16-22(24)21-15-7-9-17-23(21)26(19-11-3-1-4-12-19)20-13-5-2-6-14-20/h1-18H,(H,27,28). The summed E-state index contributed by atoms with van der Waals surface area (Å²) in [6, 6.07) is 36.0. The molecular weight excluding hydrogens is 359 g/mol. The summed E-state index contributed by atoms with van der Waals surface area (Å²) in [5.74, 6) is 0.326. The number of rotatable bonds is 5. The minimum absolute atomic E-state index is 0.00600. The van der Waals surface area contributed by atoms with Crippen molar-refractivity contribution in [3.63, 3.8) is 0 Å². The monoisotopic (exact) mass is 378 g/mol. The first-order chi connectivity index (χ1) is 14.2. The van der Waals surface area contributed by atoms with E-state index in [1.807, 2.05) is 66.7 Å². The van der Waals surface area contributed by atoms with Crippen LogP contribution in [0.3, 0.4) is 0 Å². The predicted molar refractivity (Wildman–Crippen MR) is 118 cm³/mol. The number of hydrogen-bond acceptors (Lipinski definition) is 2. The Morgan fingerprint density at radius 1 is 0.621 bits per heavy atom. The molecule has 0 bridgehead atoms. The zero-order valence-corrected chi connectivity index (χ0v) is 15.7. The lowest BCUT2D eigenvalue weighted by atomic mass is 9.36. The van der Waals surface area contributed by atoms with Crippen LogP contribution in [0.1, 0.15) is 0 Å². The van der Waals surface area contributed by atoms with Gasteiger partial charge in [0.2, 0.25) is 6.71 Å². The van der Waals surface area contributed by atoms with Gasteiger partial charge in [-0.2, -0.15) is 0 Å². The summed E-state index contributed by atoms with van der Waals surface area (Å²) in [7, 11) is 0. The van der Waals surface area contributed by atoms with Crippen molar-refractivity contribution in [3.8, 4) is 16.9 Å². The zero-order chi connectivity index (χ0) is 20.1. The van der Waals surface area contributed by atoms with Gasteiger partial charge in [-0.15, -0.1) is 0 Å². The fraction of sp³-hybridized carbons (Fsp3) is 0. The Morgan fingerprint density at radius 2 is 1.10 bits per heavy atom. The van der Waals surface area contributed by atoms with E-state index < -0.39 is 6.16 Å². The molecular formula is C25H19BO3. The normalized spacial score (nSPS) is 10.3. The molecule has 140 valence electrons. The van der Waals surface area contributed by atoms with Crippen molar-refractivity contribution in [2.45, 2.75) is 0 Å². The first-order valence-corrected chi connectivity index (χ1v) is 9.43. The highest BCUT2D eigenvalue weighted by Gasteiger charge is 2.25. The number of benzene rings is 4. The van der Waals surface area contributed by atoms with Gasteiger partial charge in [0.25, 0.3) is 0 Å². The number of para-hydroxylation sites is 1. The Morgan fingerprint density at radius 3 is 1.69 bits per heavy atom. The SMILES string of the molecule is O=C(O)Oc1ccccc1-c1ccccc1B(c1ccccc1)c1ccccc1. The van der Waals surface area contributed by atoms with Crippen molar-refractivity contribution in [3.05, 3.63) is 109 Å². The third-order valence-electron chi connectivity index (χ3n) is 4.91. The van der Waals surface area contributed by atoms with Gasteiger partial charge in [0.1, 0.15) is 5.75 Å². The molecule has 0 saturated heterocycles. The average molecular weight is 378 g/mol. The van der Waals surface area contributed by atoms with Crippen molar-refractivity contribution in [2.24, 2.45) is 0 Å². The molecule has 29 heavy (non-hydrogen) atoms. The van der Waals surface area contributed by atoms with Crippen LogP contribution in [0.25, 0.3) is 11.1 Å². The molecule has 1 N–H and O–H groups in total. The van der Waals surface area contributed by atoms with Gasteiger partial charge in [-0.25, -0.2) is 4.79 Å². The Hall–Kier alpha value is -3.79. The number of ether oxygens (including phenoxy) is 1. The summed E-state index contributed by atoms with van der Waals surface area (Å²) < 4.78 is 5.06. The first-order valence-electron chi connectivity index (χ1n) is 9.43. The lowest BCUT2D eigenvalue weighted by Gasteiger charge is -2.20. The van der Waals surface area contributed by atoms with Gasteiger partial charge in [-0.3, -0.25) is 0 Å². The van der Waals surface area contributed by atoms with Crippen LogP contribution in [-0.2, 0) is 0 Å². The van der Waals surface area contributed by atoms with Gasteiger partial charge in [-0.1, -0.05) is 120 Å². The summed E-state index contributed by atoms with van der Waals surface area (Å²) in [6.45, 7) is 0.00600. The molecule has 4 aromatic carbocycles. The molecule has 0 aliphatic heterocycles. The molecule has 0 aliphatic carbocycles. The van der Waals surface area contributed by atoms with Crippen LogP contribution in [-0.4, -0.2) is 18.0 Å². The molecule has 0 amide bonds. The predicted octanol–water partition coefficient (Wildman–Crippen LogP) is 3.93. The topological polar surface area (TPSA) is 46.5 Å². The maximum absolute atomic E-state index is 11.2. The van der Waals surface area contributed by atoms with Gasteiger partial charge in [-0.05, 0) is 11.6 Å². The van der Waals surface area contributed by atoms with E-state index in [4.69, 9.17) is 9.84 Å². The van der Waals surface area contributed by atoms with Crippen LogP contribution >= 0.6 is 0 Å². The van der Waals surface area contributed by atoms with Gasteiger partial charge in [0.05, 0.1) is 0 Å². The Balaban J connectivity index is 1.93. The second-order valence-electron chi connectivity index (χ2n) is 6.71. The fourth-order valence-corrected chi connectivity index (χ4v) is 3.71. The van der Waals surface area contributed by atoms with Crippen LogP contribution < -0.4 is 21.1 Å². The van der Waals surface area contributed by atoms with Gasteiger partial charge >= 0.3 is 6.16 Å². The van der Waals surface area contributed by atoms with Crippen LogP contribution in [0, 0.1) is 0 Å². The molecule has 0 unspecified atom stereocenters. The molecule has 0 aromatic heterocycles. The van der Waals surface area contributed by atoms with Crippen LogP contribution in [0.2, 0.25) is 0 Å². The van der Waals surface area contributed by atoms with E-state index in [1.54, 1.807) is 12.1 Å². The Kier molecular flexibility index (Phi) is 5.43. The minimum atomic E-state index is -1.32. The molecule has 0 heterocycles. The third-order valence-corrected chi connectivity index (χ3v) is 4.91. The van der Waals surface area contributed by atoms with Crippen molar-refractivity contribution in [1.29, 1.82) is 0 Å². The largest absolute Gasteiger partial charge is 0.511 e. The molecule has 4 aromatic rings. The maximum atomic E-state index is 11.2. The minimum Gasteiger partial charge on any atom is -0.449 e. The van der Waals surface area contributed by atoms with E-state index in [1.165, 1.54) is 10.9 Å². The smallest absolute Gasteiger partial charge is 0.449 e. The number of hydrogen-bond donors (Lipinski definition) is 1. The Bertz CT molecular complexity index is 1070. The molecule has 3 nitrogen and oxygen atoms in total. The van der Waals surface area contributed by atoms with Crippen molar-refractivity contribution in [2.75, 3.05) is 0 Å². The highest BCUT2D eigenvalue weighted by atomic mass is 16.7. The van der Waals surface area contributed by atoms with E-state index in [0.717, 1.165) is 16.6 Å². The Labute approximate surface area is 170 Å². The third kappa shape index (κ3) is 4.07. The highest BCUT2D eigenvalue weighted by Crippen LogP contribution is 2.29. The summed E-state index contributed by atoms with van der Waals surface area (Å²) in [6.07, 6.45) is -1.32. The summed E-state index contributed by atoms with van der Waals surface area (Å²) >= 11 is 0. The van der Waals surface area contributed by atoms with Gasteiger partial charge < -0.3 is 9.84 Å². The zero-order valence-electron chi connectivity index (χ0n) is 15.7. The molecule has 0 saturated carbocycles. The van der Waals surface area contributed by atoms with Crippen LogP contribution in [0.15, 0.2) is 109 Å². The average Bonchev–Trinajstić information content (AvgIpc) is 2.76. The number of carboxylic acid groups (broad SMARTS) is 1. The van der Waals surface area contributed by atoms with Crippen LogP contribution in [0.5, 0.6) is 5.75 Å². The molecule has 0 spiro atoms. The van der Waals surface area contributed by atoms with Gasteiger partial charge in [0, 0.05) is 5.56 Å².